The average Bonchev–Trinajstić information content (AvgIpc) is 2.37. The minimum Gasteiger partial charge on any atom is -0.465 e. The lowest BCUT2D eigenvalue weighted by molar-refractivity contribution is -0.141. The summed E-state index contributed by atoms with van der Waals surface area (Å²) in [6.07, 6.45) is 3.10. The highest BCUT2D eigenvalue weighted by Gasteiger charge is 2.27. The van der Waals surface area contributed by atoms with Gasteiger partial charge in [-0.25, -0.2) is 0 Å². The maximum absolute atomic E-state index is 11.0. The number of ether oxygens (including phenoxy) is 1. The fourth-order valence-corrected chi connectivity index (χ4v) is 1.40. The van der Waals surface area contributed by atoms with Crippen LogP contribution in [0.2, 0.25) is 0 Å². The first-order chi connectivity index (χ1) is 5.24. The second kappa shape index (κ2) is 3.74. The van der Waals surface area contributed by atoms with Crippen LogP contribution < -0.4 is 0 Å². The van der Waals surface area contributed by atoms with Gasteiger partial charge in [-0.2, -0.15) is 0 Å². The van der Waals surface area contributed by atoms with Crippen LogP contribution in [0.4, 0.5) is 0 Å². The van der Waals surface area contributed by atoms with Crippen molar-refractivity contribution in [1.29, 1.82) is 0 Å². The molecule has 1 aliphatic heterocycles. The van der Waals surface area contributed by atoms with Crippen molar-refractivity contribution in [3.63, 3.8) is 0 Å². The number of cyclic esters (lactones) is 1. The predicted octanol–water partition coefficient (Wildman–Crippen LogP) is 1.99. The molecule has 11 heavy (non-hydrogen) atoms. The fourth-order valence-electron chi connectivity index (χ4n) is 1.40. The van der Waals surface area contributed by atoms with Crippen LogP contribution in [-0.2, 0) is 9.53 Å². The molecular weight excluding hydrogens is 140 g/mol. The van der Waals surface area contributed by atoms with E-state index in [1.54, 1.807) is 0 Å². The predicted molar refractivity (Wildman–Crippen MR) is 43.1 cm³/mol. The van der Waals surface area contributed by atoms with Crippen molar-refractivity contribution < 1.29 is 9.53 Å². The molecule has 0 N–H and O–H groups in total. The Morgan fingerprint density at radius 3 is 2.91 bits per heavy atom. The summed E-state index contributed by atoms with van der Waals surface area (Å²) in [5.74, 6) is 0.876. The zero-order valence-electron chi connectivity index (χ0n) is 7.30. The largest absolute Gasteiger partial charge is 0.465 e. The third kappa shape index (κ3) is 2.21. The van der Waals surface area contributed by atoms with E-state index in [0.29, 0.717) is 12.5 Å². The van der Waals surface area contributed by atoms with Gasteiger partial charge in [-0.3, -0.25) is 4.79 Å². The second-order valence-electron chi connectivity index (χ2n) is 3.40. The highest BCUT2D eigenvalue weighted by Crippen LogP contribution is 2.23. The molecule has 0 spiro atoms. The van der Waals surface area contributed by atoms with Gasteiger partial charge >= 0.3 is 5.97 Å². The fraction of sp³-hybridized carbons (Fsp3) is 0.889. The van der Waals surface area contributed by atoms with E-state index < -0.39 is 0 Å². The second-order valence-corrected chi connectivity index (χ2v) is 3.40. The summed E-state index contributed by atoms with van der Waals surface area (Å²) in [6.45, 7) is 4.98. The zero-order valence-corrected chi connectivity index (χ0v) is 7.30. The topological polar surface area (TPSA) is 26.3 Å². The number of carbonyl (C=O) groups excluding carboxylic acids is 1. The number of hydrogen-bond donors (Lipinski definition) is 0. The van der Waals surface area contributed by atoms with Gasteiger partial charge in [-0.1, -0.05) is 20.3 Å². The van der Waals surface area contributed by atoms with Crippen LogP contribution in [0.1, 0.15) is 33.1 Å². The molecule has 0 aliphatic carbocycles. The summed E-state index contributed by atoms with van der Waals surface area (Å²) in [6, 6.07) is 0. The number of hydrogen-bond acceptors (Lipinski definition) is 2. The third-order valence-electron chi connectivity index (χ3n) is 2.43. The smallest absolute Gasteiger partial charge is 0.309 e. The van der Waals surface area contributed by atoms with Crippen LogP contribution in [0, 0.1) is 11.8 Å². The summed E-state index contributed by atoms with van der Waals surface area (Å²) in [5, 5.41) is 0. The number of rotatable bonds is 3. The normalized spacial score (nSPS) is 26.7. The Balaban J connectivity index is 2.30. The van der Waals surface area contributed by atoms with E-state index in [1.807, 2.05) is 0 Å². The van der Waals surface area contributed by atoms with Crippen LogP contribution in [-0.4, -0.2) is 12.6 Å². The van der Waals surface area contributed by atoms with E-state index in [0.717, 1.165) is 19.3 Å². The summed E-state index contributed by atoms with van der Waals surface area (Å²) < 4.78 is 4.87. The van der Waals surface area contributed by atoms with Crippen molar-refractivity contribution in [3.05, 3.63) is 0 Å². The van der Waals surface area contributed by atoms with Crippen molar-refractivity contribution in [1.82, 2.24) is 0 Å². The maximum Gasteiger partial charge on any atom is 0.309 e. The van der Waals surface area contributed by atoms with Gasteiger partial charge in [0.05, 0.1) is 12.5 Å². The van der Waals surface area contributed by atoms with E-state index in [9.17, 15) is 4.79 Å². The van der Waals surface area contributed by atoms with Gasteiger partial charge in [0.25, 0.3) is 0 Å². The molecule has 1 rings (SSSR count). The van der Waals surface area contributed by atoms with E-state index in [2.05, 4.69) is 13.8 Å². The SMILES string of the molecule is CCC(C)CC1CCOC1=O. The van der Waals surface area contributed by atoms with Crippen molar-refractivity contribution in [2.75, 3.05) is 6.61 Å². The van der Waals surface area contributed by atoms with E-state index in [-0.39, 0.29) is 11.9 Å². The Bertz CT molecular complexity index is 142. The van der Waals surface area contributed by atoms with Gasteiger partial charge in [0.15, 0.2) is 0 Å². The monoisotopic (exact) mass is 156 g/mol. The minimum atomic E-state index is 0.0188. The van der Waals surface area contributed by atoms with Crippen LogP contribution in [0.15, 0.2) is 0 Å². The first-order valence-electron chi connectivity index (χ1n) is 4.40. The van der Waals surface area contributed by atoms with Gasteiger partial charge in [0, 0.05) is 0 Å². The molecule has 2 heteroatoms. The summed E-state index contributed by atoms with van der Waals surface area (Å²) >= 11 is 0. The Hall–Kier alpha value is -0.530. The third-order valence-corrected chi connectivity index (χ3v) is 2.43. The molecule has 0 aromatic carbocycles. The van der Waals surface area contributed by atoms with Gasteiger partial charge in [-0.05, 0) is 18.8 Å². The minimum absolute atomic E-state index is 0.0188. The van der Waals surface area contributed by atoms with E-state index in [4.69, 9.17) is 4.74 Å². The molecule has 0 bridgehead atoms. The van der Waals surface area contributed by atoms with Gasteiger partial charge in [0.2, 0.25) is 0 Å². The van der Waals surface area contributed by atoms with Crippen molar-refractivity contribution in [2.24, 2.45) is 11.8 Å². The standard InChI is InChI=1S/C9H16O2/c1-3-7(2)6-8-4-5-11-9(8)10/h7-8H,3-6H2,1-2H3. The van der Waals surface area contributed by atoms with Crippen LogP contribution in [0.5, 0.6) is 0 Å². The quantitative estimate of drug-likeness (QED) is 0.584. The molecule has 1 aliphatic rings. The molecule has 2 atom stereocenters. The lowest BCUT2D eigenvalue weighted by Crippen LogP contribution is -2.11. The summed E-state index contributed by atoms with van der Waals surface area (Å²) in [4.78, 5) is 11.0. The van der Waals surface area contributed by atoms with E-state index >= 15 is 0 Å². The van der Waals surface area contributed by atoms with E-state index in [1.165, 1.54) is 0 Å². The lowest BCUT2D eigenvalue weighted by Gasteiger charge is -2.10. The molecule has 0 amide bonds. The lowest BCUT2D eigenvalue weighted by atomic mass is 9.93. The van der Waals surface area contributed by atoms with Gasteiger partial charge < -0.3 is 4.74 Å². The molecule has 2 unspecified atom stereocenters. The Labute approximate surface area is 67.9 Å². The highest BCUT2D eigenvalue weighted by molar-refractivity contribution is 5.74. The number of esters is 1. The molecule has 0 saturated carbocycles. The molecule has 0 aromatic rings. The molecule has 64 valence electrons. The van der Waals surface area contributed by atoms with Crippen LogP contribution in [0.3, 0.4) is 0 Å². The molecule has 1 heterocycles. The Morgan fingerprint density at radius 2 is 2.45 bits per heavy atom. The first-order valence-corrected chi connectivity index (χ1v) is 4.40. The van der Waals surface area contributed by atoms with Crippen LogP contribution in [0.25, 0.3) is 0 Å². The summed E-state index contributed by atoms with van der Waals surface area (Å²) in [7, 11) is 0. The van der Waals surface area contributed by atoms with Crippen molar-refractivity contribution in [2.45, 2.75) is 33.1 Å². The Kier molecular flexibility index (Phi) is 2.92. The maximum atomic E-state index is 11.0. The Morgan fingerprint density at radius 1 is 1.73 bits per heavy atom. The zero-order chi connectivity index (χ0) is 8.27. The average molecular weight is 156 g/mol. The molecule has 1 saturated heterocycles. The first kappa shape index (κ1) is 8.57. The number of carbonyl (C=O) groups is 1. The van der Waals surface area contributed by atoms with Crippen molar-refractivity contribution in [3.8, 4) is 0 Å². The van der Waals surface area contributed by atoms with Crippen molar-refractivity contribution >= 4 is 5.97 Å². The molecule has 0 aromatic heterocycles. The van der Waals surface area contributed by atoms with Crippen LogP contribution >= 0.6 is 0 Å². The molecular formula is C9H16O2. The molecule has 0 radical (unpaired) electrons. The molecule has 1 fully saturated rings. The van der Waals surface area contributed by atoms with Gasteiger partial charge in [-0.15, -0.1) is 0 Å². The molecule has 2 nitrogen and oxygen atoms in total. The highest BCUT2D eigenvalue weighted by atomic mass is 16.5. The summed E-state index contributed by atoms with van der Waals surface area (Å²) in [5.41, 5.74) is 0. The van der Waals surface area contributed by atoms with Gasteiger partial charge in [0.1, 0.15) is 0 Å².